The molecule has 1 aliphatic rings. The Morgan fingerprint density at radius 3 is 2.37 bits per heavy atom. The smallest absolute Gasteiger partial charge is 0.368 e. The SMILES string of the molecule is O=C(CN(/N=C/c1ccc(Cl)cc1Cl)C(=O)c1ccncc1)N1CCN(c2cccc(C(F)(F)F)c2)CC1. The molecule has 2 heterocycles. The van der Waals surface area contributed by atoms with E-state index in [1.165, 1.54) is 42.9 Å². The maximum atomic E-state index is 13.1. The molecule has 2 amide bonds. The number of nitrogens with zero attached hydrogens (tertiary/aromatic N) is 5. The van der Waals surface area contributed by atoms with E-state index < -0.39 is 17.6 Å². The van der Waals surface area contributed by atoms with Crippen molar-refractivity contribution in [1.29, 1.82) is 0 Å². The molecule has 2 aromatic carbocycles. The zero-order valence-corrected chi connectivity index (χ0v) is 21.4. The Kier molecular flexibility index (Phi) is 8.53. The highest BCUT2D eigenvalue weighted by Gasteiger charge is 2.31. The Morgan fingerprint density at radius 2 is 1.71 bits per heavy atom. The molecule has 0 spiro atoms. The maximum Gasteiger partial charge on any atom is 0.416 e. The number of pyridine rings is 1. The summed E-state index contributed by atoms with van der Waals surface area (Å²) in [4.78, 5) is 33.5. The Morgan fingerprint density at radius 1 is 1.00 bits per heavy atom. The molecule has 0 aliphatic carbocycles. The van der Waals surface area contributed by atoms with Gasteiger partial charge >= 0.3 is 6.18 Å². The van der Waals surface area contributed by atoms with Gasteiger partial charge in [0.1, 0.15) is 6.54 Å². The lowest BCUT2D eigenvalue weighted by molar-refractivity contribution is -0.137. The molecule has 38 heavy (non-hydrogen) atoms. The Balaban J connectivity index is 1.46. The average Bonchev–Trinajstić information content (AvgIpc) is 2.91. The van der Waals surface area contributed by atoms with E-state index >= 15 is 0 Å². The number of hydrogen-bond donors (Lipinski definition) is 0. The van der Waals surface area contributed by atoms with Gasteiger partial charge in [0.2, 0.25) is 5.91 Å². The number of carbonyl (C=O) groups excluding carboxylic acids is 2. The van der Waals surface area contributed by atoms with Crippen LogP contribution < -0.4 is 4.90 Å². The number of piperazine rings is 1. The van der Waals surface area contributed by atoms with Gasteiger partial charge in [0.05, 0.1) is 16.8 Å². The standard InChI is InChI=1S/C26H22Cl2F3N5O2/c27-21-5-4-19(23(28)15-21)16-33-36(25(38)18-6-8-32-9-7-18)17-24(37)35-12-10-34(11-13-35)22-3-1-2-20(14-22)26(29,30)31/h1-9,14-16H,10-13,17H2/b33-16+. The predicted octanol–water partition coefficient (Wildman–Crippen LogP) is 5.23. The van der Waals surface area contributed by atoms with Crippen molar-refractivity contribution in [1.82, 2.24) is 14.9 Å². The largest absolute Gasteiger partial charge is 0.416 e. The number of aromatic nitrogens is 1. The summed E-state index contributed by atoms with van der Waals surface area (Å²) in [6, 6.07) is 12.9. The fraction of sp³-hybridized carbons (Fsp3) is 0.231. The quantitative estimate of drug-likeness (QED) is 0.304. The number of benzene rings is 2. The summed E-state index contributed by atoms with van der Waals surface area (Å²) in [7, 11) is 0. The summed E-state index contributed by atoms with van der Waals surface area (Å²) in [5.41, 5.74) is 0.510. The van der Waals surface area contributed by atoms with Crippen molar-refractivity contribution < 1.29 is 22.8 Å². The number of hydrogen-bond acceptors (Lipinski definition) is 5. The van der Waals surface area contributed by atoms with E-state index in [0.717, 1.165) is 17.1 Å². The number of anilines is 1. The third kappa shape index (κ3) is 6.81. The molecule has 1 fully saturated rings. The van der Waals surface area contributed by atoms with Crippen LogP contribution in [0, 0.1) is 0 Å². The van der Waals surface area contributed by atoms with E-state index in [4.69, 9.17) is 23.2 Å². The fourth-order valence-corrected chi connectivity index (χ4v) is 4.33. The molecule has 0 bridgehead atoms. The van der Waals surface area contributed by atoms with Crippen molar-refractivity contribution in [2.75, 3.05) is 37.6 Å². The highest BCUT2D eigenvalue weighted by Crippen LogP contribution is 2.32. The van der Waals surface area contributed by atoms with Crippen LogP contribution in [0.15, 0.2) is 72.1 Å². The molecule has 1 aliphatic heterocycles. The zero-order chi connectivity index (χ0) is 27.3. The lowest BCUT2D eigenvalue weighted by atomic mass is 10.1. The maximum absolute atomic E-state index is 13.1. The van der Waals surface area contributed by atoms with Gasteiger partial charge in [-0.2, -0.15) is 18.3 Å². The van der Waals surface area contributed by atoms with Crippen molar-refractivity contribution in [2.45, 2.75) is 6.18 Å². The molecule has 0 radical (unpaired) electrons. The first-order valence-electron chi connectivity index (χ1n) is 11.5. The highest BCUT2D eigenvalue weighted by molar-refractivity contribution is 6.36. The van der Waals surface area contributed by atoms with Crippen LogP contribution in [0.5, 0.6) is 0 Å². The molecule has 0 unspecified atom stereocenters. The average molecular weight is 564 g/mol. The number of halogens is 5. The monoisotopic (exact) mass is 563 g/mol. The Bertz CT molecular complexity index is 1330. The normalized spacial score (nSPS) is 14.1. The summed E-state index contributed by atoms with van der Waals surface area (Å²) in [5.74, 6) is -0.861. The molecule has 0 N–H and O–H groups in total. The molecule has 198 valence electrons. The highest BCUT2D eigenvalue weighted by atomic mass is 35.5. The van der Waals surface area contributed by atoms with E-state index in [1.54, 1.807) is 28.0 Å². The van der Waals surface area contributed by atoms with E-state index in [0.29, 0.717) is 39.9 Å². The second-order valence-electron chi connectivity index (χ2n) is 8.43. The van der Waals surface area contributed by atoms with Gasteiger partial charge in [0.25, 0.3) is 5.91 Å². The van der Waals surface area contributed by atoms with Crippen LogP contribution in [-0.4, -0.2) is 65.6 Å². The lowest BCUT2D eigenvalue weighted by Crippen LogP contribution is -2.51. The van der Waals surface area contributed by atoms with Gasteiger partial charge in [0.15, 0.2) is 0 Å². The first kappa shape index (κ1) is 27.4. The summed E-state index contributed by atoms with van der Waals surface area (Å²) < 4.78 is 39.3. The Labute approximate surface area is 227 Å². The van der Waals surface area contributed by atoms with Crippen LogP contribution in [0.25, 0.3) is 0 Å². The lowest BCUT2D eigenvalue weighted by Gasteiger charge is -2.36. The van der Waals surface area contributed by atoms with E-state index in [-0.39, 0.29) is 25.5 Å². The molecular formula is C26H22Cl2F3N5O2. The van der Waals surface area contributed by atoms with Crippen molar-refractivity contribution in [2.24, 2.45) is 5.10 Å². The Hall–Kier alpha value is -3.63. The van der Waals surface area contributed by atoms with Crippen LogP contribution in [0.2, 0.25) is 10.0 Å². The van der Waals surface area contributed by atoms with Gasteiger partial charge in [-0.25, -0.2) is 5.01 Å². The van der Waals surface area contributed by atoms with Crippen LogP contribution in [0.1, 0.15) is 21.5 Å². The van der Waals surface area contributed by atoms with Crippen molar-refractivity contribution >= 4 is 46.9 Å². The van der Waals surface area contributed by atoms with Gasteiger partial charge < -0.3 is 9.80 Å². The number of rotatable bonds is 6. The van der Waals surface area contributed by atoms with Crippen molar-refractivity contribution in [3.05, 3.63) is 93.7 Å². The second kappa shape index (κ2) is 11.8. The number of carbonyl (C=O) groups is 2. The minimum Gasteiger partial charge on any atom is -0.368 e. The molecule has 0 atom stereocenters. The summed E-state index contributed by atoms with van der Waals surface area (Å²) in [5, 5.41) is 6.05. The third-order valence-corrected chi connectivity index (χ3v) is 6.48. The van der Waals surface area contributed by atoms with Gasteiger partial charge in [-0.05, 0) is 42.5 Å². The van der Waals surface area contributed by atoms with Crippen molar-refractivity contribution in [3.8, 4) is 0 Å². The van der Waals surface area contributed by atoms with Gasteiger partial charge in [-0.3, -0.25) is 14.6 Å². The molecule has 4 rings (SSSR count). The molecule has 1 aromatic heterocycles. The number of alkyl halides is 3. The first-order valence-corrected chi connectivity index (χ1v) is 12.3. The van der Waals surface area contributed by atoms with Crippen molar-refractivity contribution in [3.63, 3.8) is 0 Å². The molecule has 12 heteroatoms. The predicted molar refractivity (Wildman–Crippen MR) is 140 cm³/mol. The first-order chi connectivity index (χ1) is 18.1. The molecule has 7 nitrogen and oxygen atoms in total. The second-order valence-corrected chi connectivity index (χ2v) is 9.27. The molecule has 3 aromatic rings. The van der Waals surface area contributed by atoms with E-state index in [2.05, 4.69) is 10.1 Å². The summed E-state index contributed by atoms with van der Waals surface area (Å²) >= 11 is 12.1. The van der Waals surface area contributed by atoms with Gasteiger partial charge in [0, 0.05) is 60.4 Å². The van der Waals surface area contributed by atoms with Gasteiger partial charge in [-0.15, -0.1) is 0 Å². The van der Waals surface area contributed by atoms with Crippen LogP contribution in [-0.2, 0) is 11.0 Å². The third-order valence-electron chi connectivity index (χ3n) is 5.92. The molecule has 0 saturated carbocycles. The van der Waals surface area contributed by atoms with Crippen LogP contribution in [0.4, 0.5) is 18.9 Å². The summed E-state index contributed by atoms with van der Waals surface area (Å²) in [6.45, 7) is 0.897. The fourth-order valence-electron chi connectivity index (χ4n) is 3.87. The van der Waals surface area contributed by atoms with Crippen LogP contribution >= 0.6 is 23.2 Å². The topological polar surface area (TPSA) is 69.1 Å². The van der Waals surface area contributed by atoms with E-state index in [9.17, 15) is 22.8 Å². The minimum atomic E-state index is -4.44. The van der Waals surface area contributed by atoms with E-state index in [1.807, 2.05) is 0 Å². The van der Waals surface area contributed by atoms with Gasteiger partial charge in [-0.1, -0.05) is 35.3 Å². The summed E-state index contributed by atoms with van der Waals surface area (Å²) in [6.07, 6.45) is -0.147. The minimum absolute atomic E-state index is 0.277. The van der Waals surface area contributed by atoms with Crippen LogP contribution in [0.3, 0.4) is 0 Å². The zero-order valence-electron chi connectivity index (χ0n) is 19.9. The number of amides is 2. The molecule has 1 saturated heterocycles. The number of hydrazone groups is 1. The molecular weight excluding hydrogens is 542 g/mol.